The van der Waals surface area contributed by atoms with Gasteiger partial charge in [-0.2, -0.15) is 15.0 Å². The standard InChI is InChI=1S/C12H19N5/c1-7-15-11(13)17-12(16-7)14-6-10(8-2-3-8)9-4-5-9/h8-10H,2-6H2,1H3,(H3,13,14,15,16,17). The highest BCUT2D eigenvalue weighted by Gasteiger charge is 2.41. The lowest BCUT2D eigenvalue weighted by Gasteiger charge is -2.16. The molecule has 0 spiro atoms. The molecule has 0 unspecified atom stereocenters. The molecule has 0 bridgehead atoms. The van der Waals surface area contributed by atoms with Gasteiger partial charge in [0, 0.05) is 6.54 Å². The van der Waals surface area contributed by atoms with E-state index >= 15 is 0 Å². The van der Waals surface area contributed by atoms with Crippen molar-refractivity contribution >= 4 is 11.9 Å². The van der Waals surface area contributed by atoms with Gasteiger partial charge in [-0.25, -0.2) is 0 Å². The number of nitrogens with zero attached hydrogens (tertiary/aromatic N) is 3. The quantitative estimate of drug-likeness (QED) is 0.808. The van der Waals surface area contributed by atoms with Crippen LogP contribution in [0.5, 0.6) is 0 Å². The maximum Gasteiger partial charge on any atom is 0.227 e. The molecule has 1 heterocycles. The largest absolute Gasteiger partial charge is 0.368 e. The first-order valence-electron chi connectivity index (χ1n) is 6.44. The van der Waals surface area contributed by atoms with Crippen molar-refractivity contribution in [1.29, 1.82) is 0 Å². The normalized spacial score (nSPS) is 19.6. The molecule has 0 radical (unpaired) electrons. The lowest BCUT2D eigenvalue weighted by Crippen LogP contribution is -2.20. The fraction of sp³-hybridized carbons (Fsp3) is 0.750. The highest BCUT2D eigenvalue weighted by atomic mass is 15.2. The highest BCUT2D eigenvalue weighted by molar-refractivity contribution is 5.30. The van der Waals surface area contributed by atoms with Gasteiger partial charge < -0.3 is 11.1 Å². The zero-order chi connectivity index (χ0) is 11.8. The Bertz CT molecular complexity index is 379. The van der Waals surface area contributed by atoms with Crippen molar-refractivity contribution in [3.63, 3.8) is 0 Å². The first-order chi connectivity index (χ1) is 8.22. The van der Waals surface area contributed by atoms with E-state index in [1.807, 2.05) is 6.92 Å². The summed E-state index contributed by atoms with van der Waals surface area (Å²) in [4.78, 5) is 12.3. The molecule has 0 amide bonds. The Morgan fingerprint density at radius 2 is 1.82 bits per heavy atom. The summed E-state index contributed by atoms with van der Waals surface area (Å²) in [5, 5.41) is 3.33. The van der Waals surface area contributed by atoms with Crippen molar-refractivity contribution in [2.24, 2.45) is 17.8 Å². The van der Waals surface area contributed by atoms with Gasteiger partial charge >= 0.3 is 0 Å². The molecule has 1 aromatic heterocycles. The van der Waals surface area contributed by atoms with Crippen LogP contribution in [0.1, 0.15) is 31.5 Å². The second-order valence-electron chi connectivity index (χ2n) is 5.28. The minimum Gasteiger partial charge on any atom is -0.368 e. The van der Waals surface area contributed by atoms with E-state index in [9.17, 15) is 0 Å². The zero-order valence-corrected chi connectivity index (χ0v) is 10.2. The second kappa shape index (κ2) is 4.13. The number of nitrogens with one attached hydrogen (secondary N) is 1. The maximum atomic E-state index is 5.61. The molecule has 92 valence electrons. The Morgan fingerprint density at radius 3 is 2.35 bits per heavy atom. The van der Waals surface area contributed by atoms with Crippen molar-refractivity contribution in [2.45, 2.75) is 32.6 Å². The molecule has 2 aliphatic rings. The van der Waals surface area contributed by atoms with Crippen LogP contribution in [0, 0.1) is 24.7 Å². The van der Waals surface area contributed by atoms with Crippen LogP contribution in [-0.2, 0) is 0 Å². The summed E-state index contributed by atoms with van der Waals surface area (Å²) in [5.74, 6) is 4.30. The molecule has 0 atom stereocenters. The maximum absolute atomic E-state index is 5.61. The first-order valence-corrected chi connectivity index (χ1v) is 6.44. The van der Waals surface area contributed by atoms with Crippen LogP contribution in [0.2, 0.25) is 0 Å². The molecule has 3 rings (SSSR count). The average molecular weight is 233 g/mol. The molecule has 0 aromatic carbocycles. The van der Waals surface area contributed by atoms with Crippen LogP contribution in [0.15, 0.2) is 0 Å². The van der Waals surface area contributed by atoms with E-state index < -0.39 is 0 Å². The van der Waals surface area contributed by atoms with E-state index in [1.165, 1.54) is 25.7 Å². The molecule has 3 N–H and O–H groups in total. The van der Waals surface area contributed by atoms with Crippen LogP contribution in [0.25, 0.3) is 0 Å². The number of hydrogen-bond acceptors (Lipinski definition) is 5. The lowest BCUT2D eigenvalue weighted by molar-refractivity contribution is 0.427. The topological polar surface area (TPSA) is 76.7 Å². The van der Waals surface area contributed by atoms with E-state index in [0.29, 0.717) is 17.7 Å². The highest BCUT2D eigenvalue weighted by Crippen LogP contribution is 2.49. The molecule has 2 saturated carbocycles. The van der Waals surface area contributed by atoms with E-state index in [2.05, 4.69) is 20.3 Å². The van der Waals surface area contributed by atoms with Crippen molar-refractivity contribution in [3.8, 4) is 0 Å². The minimum atomic E-state index is 0.300. The summed E-state index contributed by atoms with van der Waals surface area (Å²) in [6, 6.07) is 0. The first kappa shape index (κ1) is 10.7. The fourth-order valence-electron chi connectivity index (χ4n) is 2.56. The Balaban J connectivity index is 1.61. The van der Waals surface area contributed by atoms with Crippen LogP contribution in [-0.4, -0.2) is 21.5 Å². The number of aromatic nitrogens is 3. The smallest absolute Gasteiger partial charge is 0.227 e. The Hall–Kier alpha value is -1.39. The fourth-order valence-corrected chi connectivity index (χ4v) is 2.56. The Morgan fingerprint density at radius 1 is 1.18 bits per heavy atom. The number of nitrogens with two attached hydrogens (primary N) is 1. The Kier molecular flexibility index (Phi) is 2.61. The summed E-state index contributed by atoms with van der Waals surface area (Å²) >= 11 is 0. The van der Waals surface area contributed by atoms with Gasteiger partial charge in [-0.3, -0.25) is 0 Å². The van der Waals surface area contributed by atoms with Gasteiger partial charge in [0.15, 0.2) is 0 Å². The second-order valence-corrected chi connectivity index (χ2v) is 5.28. The van der Waals surface area contributed by atoms with Gasteiger partial charge in [-0.1, -0.05) is 0 Å². The summed E-state index contributed by atoms with van der Waals surface area (Å²) in [5.41, 5.74) is 5.61. The third kappa shape index (κ3) is 2.65. The molecule has 2 aliphatic carbocycles. The van der Waals surface area contributed by atoms with Crippen LogP contribution >= 0.6 is 0 Å². The monoisotopic (exact) mass is 233 g/mol. The molecule has 2 fully saturated rings. The average Bonchev–Trinajstić information content (AvgIpc) is 3.12. The van der Waals surface area contributed by atoms with Crippen molar-refractivity contribution in [3.05, 3.63) is 5.82 Å². The van der Waals surface area contributed by atoms with Crippen molar-refractivity contribution in [1.82, 2.24) is 15.0 Å². The van der Waals surface area contributed by atoms with Gasteiger partial charge in [-0.15, -0.1) is 0 Å². The zero-order valence-electron chi connectivity index (χ0n) is 10.2. The van der Waals surface area contributed by atoms with Crippen LogP contribution in [0.4, 0.5) is 11.9 Å². The minimum absolute atomic E-state index is 0.300. The number of aryl methyl sites for hydroxylation is 1. The SMILES string of the molecule is Cc1nc(N)nc(NCC(C2CC2)C2CC2)n1. The third-order valence-corrected chi connectivity index (χ3v) is 3.72. The number of rotatable bonds is 5. The van der Waals surface area contributed by atoms with Crippen LogP contribution < -0.4 is 11.1 Å². The molecule has 5 heteroatoms. The third-order valence-electron chi connectivity index (χ3n) is 3.72. The van der Waals surface area contributed by atoms with Gasteiger partial charge in [-0.05, 0) is 50.4 Å². The van der Waals surface area contributed by atoms with Crippen LogP contribution in [0.3, 0.4) is 0 Å². The van der Waals surface area contributed by atoms with Crippen molar-refractivity contribution < 1.29 is 0 Å². The van der Waals surface area contributed by atoms with Gasteiger partial charge in [0.25, 0.3) is 0 Å². The summed E-state index contributed by atoms with van der Waals surface area (Å²) < 4.78 is 0. The van der Waals surface area contributed by atoms with E-state index in [4.69, 9.17) is 5.73 Å². The molecule has 5 nitrogen and oxygen atoms in total. The van der Waals surface area contributed by atoms with Gasteiger partial charge in [0.05, 0.1) is 0 Å². The summed E-state index contributed by atoms with van der Waals surface area (Å²) in [6.07, 6.45) is 5.62. The molecule has 0 aliphatic heterocycles. The lowest BCUT2D eigenvalue weighted by atomic mass is 9.98. The number of hydrogen-bond donors (Lipinski definition) is 2. The number of anilines is 2. The predicted octanol–water partition coefficient (Wildman–Crippen LogP) is 1.61. The van der Waals surface area contributed by atoms with E-state index in [-0.39, 0.29) is 0 Å². The molecule has 17 heavy (non-hydrogen) atoms. The molecule has 0 saturated heterocycles. The summed E-state index contributed by atoms with van der Waals surface area (Å²) in [7, 11) is 0. The van der Waals surface area contributed by atoms with Gasteiger partial charge in [0.2, 0.25) is 11.9 Å². The molecule has 1 aromatic rings. The van der Waals surface area contributed by atoms with E-state index in [1.54, 1.807) is 0 Å². The van der Waals surface area contributed by atoms with Crippen molar-refractivity contribution in [2.75, 3.05) is 17.6 Å². The van der Waals surface area contributed by atoms with Gasteiger partial charge in [0.1, 0.15) is 5.82 Å². The summed E-state index contributed by atoms with van der Waals surface area (Å²) in [6.45, 7) is 2.82. The Labute approximate surface area is 101 Å². The molecular formula is C12H19N5. The van der Waals surface area contributed by atoms with E-state index in [0.717, 1.165) is 24.3 Å². The number of nitrogen functional groups attached to an aromatic ring is 1. The predicted molar refractivity (Wildman–Crippen MR) is 66.4 cm³/mol. The molecular weight excluding hydrogens is 214 g/mol.